The Morgan fingerprint density at radius 2 is 2.00 bits per heavy atom. The van der Waals surface area contributed by atoms with Crippen molar-refractivity contribution in [3.05, 3.63) is 81.4 Å². The molecule has 0 bridgehead atoms. The van der Waals surface area contributed by atoms with Crippen molar-refractivity contribution < 1.29 is 14.1 Å². The fourth-order valence-electron chi connectivity index (χ4n) is 2.91. The average molecular weight is 396 g/mol. The van der Waals surface area contributed by atoms with Gasteiger partial charge in [-0.15, -0.1) is 0 Å². The van der Waals surface area contributed by atoms with Crippen molar-refractivity contribution in [3.8, 4) is 0 Å². The van der Waals surface area contributed by atoms with Gasteiger partial charge in [0.15, 0.2) is 5.82 Å². The summed E-state index contributed by atoms with van der Waals surface area (Å²) in [6.45, 7) is 2.79. The minimum absolute atomic E-state index is 0.0765. The summed E-state index contributed by atoms with van der Waals surface area (Å²) in [5.41, 5.74) is 1.57. The maximum Gasteiger partial charge on any atom is 0.263 e. The lowest BCUT2D eigenvalue weighted by atomic mass is 10.1. The lowest BCUT2D eigenvalue weighted by Crippen LogP contribution is -2.34. The fourth-order valence-corrected chi connectivity index (χ4v) is 2.91. The molecule has 2 aromatic heterocycles. The molecule has 0 aliphatic rings. The van der Waals surface area contributed by atoms with E-state index in [1.807, 2.05) is 30.3 Å². The molecule has 152 valence electrons. The number of hydrogen-bond acceptors (Lipinski definition) is 6. The number of ether oxygens (including phenoxy) is 1. The topological polar surface area (TPSA) is 99.2 Å². The molecule has 0 unspecified atom stereocenters. The first-order valence-corrected chi connectivity index (χ1v) is 9.41. The first kappa shape index (κ1) is 20.5. The van der Waals surface area contributed by atoms with Crippen LogP contribution in [0.4, 0.5) is 0 Å². The first-order valence-electron chi connectivity index (χ1n) is 9.41. The molecule has 2 heterocycles. The summed E-state index contributed by atoms with van der Waals surface area (Å²) in [6, 6.07) is 11.7. The summed E-state index contributed by atoms with van der Waals surface area (Å²) >= 11 is 0. The van der Waals surface area contributed by atoms with Crippen LogP contribution < -0.4 is 10.9 Å². The molecule has 29 heavy (non-hydrogen) atoms. The zero-order valence-corrected chi connectivity index (χ0v) is 16.6. The molecule has 0 saturated carbocycles. The second kappa shape index (κ2) is 9.79. The number of aryl methyl sites for hydroxylation is 3. The van der Waals surface area contributed by atoms with Crippen molar-refractivity contribution >= 4 is 5.91 Å². The standard InChI is InChI=1S/C21H24N4O4/c1-15-8-11-25(12-9-16-6-4-3-5-7-16)21(27)19(15)20(26)22-14-17-23-18(29-24-17)10-13-28-2/h3-8,11H,9-10,12-14H2,1-2H3,(H,22,26). The van der Waals surface area contributed by atoms with Gasteiger partial charge in [0.1, 0.15) is 5.56 Å². The summed E-state index contributed by atoms with van der Waals surface area (Å²) < 4.78 is 11.6. The van der Waals surface area contributed by atoms with E-state index < -0.39 is 5.91 Å². The largest absolute Gasteiger partial charge is 0.384 e. The van der Waals surface area contributed by atoms with Crippen LogP contribution in [0.5, 0.6) is 0 Å². The number of aromatic nitrogens is 3. The Morgan fingerprint density at radius 1 is 1.21 bits per heavy atom. The van der Waals surface area contributed by atoms with Crippen LogP contribution in [0.3, 0.4) is 0 Å². The van der Waals surface area contributed by atoms with Crippen molar-refractivity contribution in [2.24, 2.45) is 0 Å². The van der Waals surface area contributed by atoms with Crippen LogP contribution in [-0.4, -0.2) is 34.3 Å². The summed E-state index contributed by atoms with van der Waals surface area (Å²) in [7, 11) is 1.59. The van der Waals surface area contributed by atoms with Gasteiger partial charge in [0, 0.05) is 19.9 Å². The molecule has 1 aromatic carbocycles. The molecule has 0 radical (unpaired) electrons. The SMILES string of the molecule is COCCc1nc(CNC(=O)c2c(C)ccn(CCc3ccccc3)c2=O)no1. The van der Waals surface area contributed by atoms with E-state index in [-0.39, 0.29) is 17.7 Å². The Balaban J connectivity index is 1.66. The Labute approximate surface area is 168 Å². The van der Waals surface area contributed by atoms with E-state index in [9.17, 15) is 9.59 Å². The van der Waals surface area contributed by atoms with E-state index in [0.717, 1.165) is 5.56 Å². The maximum absolute atomic E-state index is 12.8. The minimum Gasteiger partial charge on any atom is -0.384 e. The Bertz CT molecular complexity index is 1010. The molecular weight excluding hydrogens is 372 g/mol. The van der Waals surface area contributed by atoms with Crippen molar-refractivity contribution in [3.63, 3.8) is 0 Å². The van der Waals surface area contributed by atoms with Gasteiger partial charge in [-0.3, -0.25) is 9.59 Å². The van der Waals surface area contributed by atoms with Crippen LogP contribution >= 0.6 is 0 Å². The number of carbonyl (C=O) groups excluding carboxylic acids is 1. The second-order valence-corrected chi connectivity index (χ2v) is 6.64. The third-order valence-electron chi connectivity index (χ3n) is 4.52. The zero-order chi connectivity index (χ0) is 20.6. The number of hydrogen-bond donors (Lipinski definition) is 1. The number of nitrogens with one attached hydrogen (secondary N) is 1. The van der Waals surface area contributed by atoms with Gasteiger partial charge in [-0.2, -0.15) is 4.98 Å². The molecule has 3 aromatic rings. The van der Waals surface area contributed by atoms with E-state index in [0.29, 0.717) is 43.3 Å². The van der Waals surface area contributed by atoms with Crippen LogP contribution in [0.15, 0.2) is 51.9 Å². The Kier molecular flexibility index (Phi) is 6.91. The molecule has 0 spiro atoms. The van der Waals surface area contributed by atoms with Crippen LogP contribution in [0.2, 0.25) is 0 Å². The van der Waals surface area contributed by atoms with E-state index in [2.05, 4.69) is 15.5 Å². The average Bonchev–Trinajstić information content (AvgIpc) is 3.19. The van der Waals surface area contributed by atoms with Crippen molar-refractivity contribution in [2.45, 2.75) is 32.9 Å². The van der Waals surface area contributed by atoms with E-state index >= 15 is 0 Å². The summed E-state index contributed by atoms with van der Waals surface area (Å²) in [6.07, 6.45) is 2.93. The third-order valence-corrected chi connectivity index (χ3v) is 4.52. The van der Waals surface area contributed by atoms with Crippen LogP contribution in [0, 0.1) is 6.92 Å². The van der Waals surface area contributed by atoms with Gasteiger partial charge in [0.2, 0.25) is 5.89 Å². The predicted octanol–water partition coefficient (Wildman–Crippen LogP) is 1.90. The smallest absolute Gasteiger partial charge is 0.263 e. The Hall–Kier alpha value is -3.26. The molecular formula is C21H24N4O4. The monoisotopic (exact) mass is 396 g/mol. The molecule has 1 amide bonds. The number of methoxy groups -OCH3 is 1. The quantitative estimate of drug-likeness (QED) is 0.593. The molecule has 0 aliphatic carbocycles. The predicted molar refractivity (Wildman–Crippen MR) is 107 cm³/mol. The zero-order valence-electron chi connectivity index (χ0n) is 16.6. The number of pyridine rings is 1. The van der Waals surface area contributed by atoms with Gasteiger partial charge < -0.3 is 19.1 Å². The van der Waals surface area contributed by atoms with Gasteiger partial charge >= 0.3 is 0 Å². The van der Waals surface area contributed by atoms with Crippen molar-refractivity contribution in [1.29, 1.82) is 0 Å². The second-order valence-electron chi connectivity index (χ2n) is 6.64. The molecule has 8 nitrogen and oxygen atoms in total. The van der Waals surface area contributed by atoms with Crippen LogP contribution in [0.25, 0.3) is 0 Å². The van der Waals surface area contributed by atoms with Gasteiger partial charge in [-0.05, 0) is 30.5 Å². The Morgan fingerprint density at radius 3 is 2.76 bits per heavy atom. The summed E-state index contributed by atoms with van der Waals surface area (Å²) in [5.74, 6) is 0.336. The highest BCUT2D eigenvalue weighted by Crippen LogP contribution is 2.06. The van der Waals surface area contributed by atoms with Crippen LogP contribution in [0.1, 0.15) is 33.2 Å². The normalized spacial score (nSPS) is 10.8. The first-order chi connectivity index (χ1) is 14.1. The molecule has 0 aliphatic heterocycles. The summed E-state index contributed by atoms with van der Waals surface area (Å²) in [5, 5.41) is 6.52. The van der Waals surface area contributed by atoms with E-state index in [4.69, 9.17) is 9.26 Å². The van der Waals surface area contributed by atoms with Gasteiger partial charge in [0.05, 0.1) is 19.6 Å². The highest BCUT2D eigenvalue weighted by atomic mass is 16.5. The highest BCUT2D eigenvalue weighted by molar-refractivity contribution is 5.95. The van der Waals surface area contributed by atoms with Crippen molar-refractivity contribution in [2.75, 3.05) is 13.7 Å². The lowest BCUT2D eigenvalue weighted by Gasteiger charge is -2.11. The fraction of sp³-hybridized carbons (Fsp3) is 0.333. The molecule has 8 heteroatoms. The minimum atomic E-state index is -0.454. The number of amides is 1. The highest BCUT2D eigenvalue weighted by Gasteiger charge is 2.16. The number of carbonyl (C=O) groups is 1. The van der Waals surface area contributed by atoms with E-state index in [1.165, 1.54) is 0 Å². The van der Waals surface area contributed by atoms with Crippen LogP contribution in [-0.2, 0) is 30.7 Å². The number of nitrogens with zero attached hydrogens (tertiary/aromatic N) is 3. The van der Waals surface area contributed by atoms with Crippen molar-refractivity contribution in [1.82, 2.24) is 20.0 Å². The number of rotatable bonds is 9. The molecule has 3 rings (SSSR count). The van der Waals surface area contributed by atoms with E-state index in [1.54, 1.807) is 30.9 Å². The maximum atomic E-state index is 12.8. The number of benzene rings is 1. The third kappa shape index (κ3) is 5.39. The molecule has 1 N–H and O–H groups in total. The summed E-state index contributed by atoms with van der Waals surface area (Å²) in [4.78, 5) is 29.6. The van der Waals surface area contributed by atoms with Gasteiger partial charge in [-0.25, -0.2) is 0 Å². The van der Waals surface area contributed by atoms with Gasteiger partial charge in [0.25, 0.3) is 11.5 Å². The molecule has 0 fully saturated rings. The molecule has 0 atom stereocenters. The van der Waals surface area contributed by atoms with Gasteiger partial charge in [-0.1, -0.05) is 35.5 Å². The lowest BCUT2D eigenvalue weighted by molar-refractivity contribution is 0.0947. The molecule has 0 saturated heterocycles.